The smallest absolute Gasteiger partial charge is 0.132 e. The van der Waals surface area contributed by atoms with Crippen LogP contribution in [0.4, 0.5) is 17.1 Å². The lowest BCUT2D eigenvalue weighted by molar-refractivity contribution is 0.436. The van der Waals surface area contributed by atoms with Crippen molar-refractivity contribution in [3.8, 4) is 33.8 Å². The zero-order valence-electron chi connectivity index (χ0n) is 34.1. The van der Waals surface area contributed by atoms with Crippen LogP contribution in [0.2, 0.25) is 0 Å². The molecule has 2 heterocycles. The fourth-order valence-corrected chi connectivity index (χ4v) is 13.0. The van der Waals surface area contributed by atoms with Crippen molar-refractivity contribution in [1.29, 1.82) is 0 Å². The molecule has 0 aromatic heterocycles. The topological polar surface area (TPSA) is 12.5 Å². The van der Waals surface area contributed by atoms with Crippen molar-refractivity contribution in [2.45, 2.75) is 20.6 Å². The van der Waals surface area contributed by atoms with Gasteiger partial charge in [-0.25, -0.2) is 0 Å². The molecule has 2 spiro atoms. The molecule has 2 aliphatic carbocycles. The molecule has 10 aromatic carbocycles. The molecule has 4 aliphatic rings. The predicted octanol–water partition coefficient (Wildman–Crippen LogP) is 15.6. The molecule has 0 amide bonds. The molecule has 0 saturated heterocycles. The Balaban J connectivity index is 1.07. The van der Waals surface area contributed by atoms with Crippen LogP contribution in [0.5, 0.6) is 11.5 Å². The van der Waals surface area contributed by atoms with E-state index in [0.29, 0.717) is 0 Å². The summed E-state index contributed by atoms with van der Waals surface area (Å²) in [6, 6.07) is 83.4. The highest BCUT2D eigenvalue weighted by atomic mass is 32.2. The number of ether oxygens (including phenoxy) is 1. The van der Waals surface area contributed by atoms with E-state index < -0.39 is 10.8 Å². The van der Waals surface area contributed by atoms with Crippen LogP contribution in [0.15, 0.2) is 234 Å². The third-order valence-electron chi connectivity index (χ3n) is 14.2. The van der Waals surface area contributed by atoms with E-state index in [0.717, 1.165) is 39.7 Å². The second-order valence-electron chi connectivity index (χ2n) is 17.1. The summed E-state index contributed by atoms with van der Waals surface area (Å²) in [5.41, 5.74) is 17.5. The maximum Gasteiger partial charge on any atom is 0.132 e. The van der Waals surface area contributed by atoms with E-state index >= 15 is 0 Å². The average molecular weight is 820 g/mol. The Morgan fingerprint density at radius 3 is 1.35 bits per heavy atom. The molecule has 0 unspecified atom stereocenters. The Kier molecular flexibility index (Phi) is 7.21. The van der Waals surface area contributed by atoms with Gasteiger partial charge in [-0.3, -0.25) is 0 Å². The molecule has 3 heteroatoms. The van der Waals surface area contributed by atoms with Gasteiger partial charge < -0.3 is 9.64 Å². The Labute approximate surface area is 370 Å². The number of hydrogen-bond donors (Lipinski definition) is 0. The van der Waals surface area contributed by atoms with Crippen LogP contribution in [0, 0.1) is 0 Å². The molecule has 2 aliphatic heterocycles. The molecule has 0 fully saturated rings. The van der Waals surface area contributed by atoms with Crippen LogP contribution in [-0.2, 0) is 10.8 Å². The van der Waals surface area contributed by atoms with Crippen molar-refractivity contribution < 1.29 is 4.74 Å². The van der Waals surface area contributed by atoms with Crippen LogP contribution in [0.1, 0.15) is 44.5 Å². The minimum absolute atomic E-state index is 0.496. The van der Waals surface area contributed by atoms with Gasteiger partial charge >= 0.3 is 0 Å². The number of hydrogen-bond acceptors (Lipinski definition) is 3. The number of nitrogens with zero attached hydrogens (tertiary/aromatic N) is 1. The minimum atomic E-state index is -0.589. The lowest BCUT2D eigenvalue weighted by Gasteiger charge is -2.40. The van der Waals surface area contributed by atoms with Crippen LogP contribution in [0.25, 0.3) is 33.0 Å². The minimum Gasteiger partial charge on any atom is -0.457 e. The molecular weight excluding hydrogens is 783 g/mol. The molecule has 0 bridgehead atoms. The van der Waals surface area contributed by atoms with Gasteiger partial charge in [0.25, 0.3) is 0 Å². The summed E-state index contributed by atoms with van der Waals surface area (Å²) in [5.74, 6) is 1.79. The highest BCUT2D eigenvalue weighted by Crippen LogP contribution is 2.65. The van der Waals surface area contributed by atoms with Crippen molar-refractivity contribution >= 4 is 39.6 Å². The highest BCUT2D eigenvalue weighted by Gasteiger charge is 2.52. The van der Waals surface area contributed by atoms with Gasteiger partial charge in [0.1, 0.15) is 11.5 Å². The number of rotatable bonds is 3. The standard InChI is InChI=1S/C60H37NOS/c1-2-18-41-38(16-1)17-15-27-54(41)61(39-32-34-44-42-19-3-5-21-46(42)59(52(44)36-39)48-23-7-11-28-55(48)62-56-29-12-8-24-49(56)59)40-33-35-45-43-20-4-6-22-47(43)60(53(45)37-40)50-25-9-13-30-57(50)63-58-31-14-10-26-51(58)60/h1-37H. The summed E-state index contributed by atoms with van der Waals surface area (Å²) in [6.07, 6.45) is 0. The molecule has 63 heavy (non-hydrogen) atoms. The fraction of sp³-hybridized carbons (Fsp3) is 0.0333. The summed E-state index contributed by atoms with van der Waals surface area (Å²) < 4.78 is 6.72. The van der Waals surface area contributed by atoms with Crippen LogP contribution in [0.3, 0.4) is 0 Å². The normalized spacial score (nSPS) is 14.7. The molecule has 0 N–H and O–H groups in total. The first-order chi connectivity index (χ1) is 31.2. The van der Waals surface area contributed by atoms with E-state index in [1.807, 2.05) is 11.8 Å². The molecule has 10 aromatic rings. The molecule has 0 saturated carbocycles. The first-order valence-electron chi connectivity index (χ1n) is 21.7. The third kappa shape index (κ3) is 4.54. The number of fused-ring (bicyclic) bond motifs is 19. The van der Waals surface area contributed by atoms with Crippen molar-refractivity contribution in [3.63, 3.8) is 0 Å². The van der Waals surface area contributed by atoms with E-state index in [2.05, 4.69) is 229 Å². The van der Waals surface area contributed by atoms with Gasteiger partial charge in [0.2, 0.25) is 0 Å². The monoisotopic (exact) mass is 819 g/mol. The first kappa shape index (κ1) is 35.1. The summed E-state index contributed by atoms with van der Waals surface area (Å²) in [7, 11) is 0. The molecule has 0 atom stereocenters. The van der Waals surface area contributed by atoms with Crippen molar-refractivity contribution in [1.82, 2.24) is 0 Å². The van der Waals surface area contributed by atoms with Crippen molar-refractivity contribution in [3.05, 3.63) is 269 Å². The maximum atomic E-state index is 6.72. The first-order valence-corrected chi connectivity index (χ1v) is 22.6. The molecular formula is C60H37NOS. The van der Waals surface area contributed by atoms with Gasteiger partial charge in [0.05, 0.1) is 16.5 Å². The lowest BCUT2D eigenvalue weighted by atomic mass is 9.66. The molecule has 294 valence electrons. The van der Waals surface area contributed by atoms with E-state index in [9.17, 15) is 0 Å². The third-order valence-corrected chi connectivity index (χ3v) is 15.3. The van der Waals surface area contributed by atoms with E-state index in [1.54, 1.807) is 0 Å². The summed E-state index contributed by atoms with van der Waals surface area (Å²) in [5, 5.41) is 2.40. The maximum absolute atomic E-state index is 6.72. The number of benzene rings is 10. The Morgan fingerprint density at radius 2 is 0.762 bits per heavy atom. The molecule has 0 radical (unpaired) electrons. The second-order valence-corrected chi connectivity index (χ2v) is 18.2. The Hall–Kier alpha value is -7.59. The van der Waals surface area contributed by atoms with E-state index in [4.69, 9.17) is 4.74 Å². The largest absolute Gasteiger partial charge is 0.457 e. The van der Waals surface area contributed by atoms with Gasteiger partial charge in [0, 0.05) is 37.7 Å². The van der Waals surface area contributed by atoms with Crippen molar-refractivity contribution in [2.75, 3.05) is 4.90 Å². The van der Waals surface area contributed by atoms with Gasteiger partial charge in [-0.05, 0) is 116 Å². The predicted molar refractivity (Wildman–Crippen MR) is 257 cm³/mol. The SMILES string of the molecule is c1ccc2c(c1)Oc1ccccc1C21c2ccccc2-c2ccc(N(c3ccc4c(c3)C3(c5ccccc5Sc5ccccc53)c3ccccc3-4)c3cccc4ccccc34)cc21. The summed E-state index contributed by atoms with van der Waals surface area (Å²) in [6.45, 7) is 0. The lowest BCUT2D eigenvalue weighted by Crippen LogP contribution is -2.32. The Bertz CT molecular complexity index is 3270. The number of para-hydroxylation sites is 2. The van der Waals surface area contributed by atoms with E-state index in [-0.39, 0.29) is 0 Å². The van der Waals surface area contributed by atoms with Gasteiger partial charge in [-0.1, -0.05) is 182 Å². The quantitative estimate of drug-likeness (QED) is 0.176. The second kappa shape index (κ2) is 13.0. The van der Waals surface area contributed by atoms with Gasteiger partial charge in [-0.2, -0.15) is 0 Å². The Morgan fingerprint density at radius 1 is 0.333 bits per heavy atom. The van der Waals surface area contributed by atoms with Crippen LogP contribution >= 0.6 is 11.8 Å². The van der Waals surface area contributed by atoms with Gasteiger partial charge in [-0.15, -0.1) is 0 Å². The average Bonchev–Trinajstić information content (AvgIpc) is 3.79. The molecule has 14 rings (SSSR count). The van der Waals surface area contributed by atoms with Crippen LogP contribution in [-0.4, -0.2) is 0 Å². The van der Waals surface area contributed by atoms with Gasteiger partial charge in [0.15, 0.2) is 0 Å². The zero-order chi connectivity index (χ0) is 41.3. The highest BCUT2D eigenvalue weighted by molar-refractivity contribution is 7.99. The fourth-order valence-electron chi connectivity index (χ4n) is 11.8. The number of anilines is 3. The van der Waals surface area contributed by atoms with Crippen LogP contribution < -0.4 is 9.64 Å². The summed E-state index contributed by atoms with van der Waals surface area (Å²) >= 11 is 1.89. The van der Waals surface area contributed by atoms with Crippen molar-refractivity contribution in [2.24, 2.45) is 0 Å². The summed E-state index contributed by atoms with van der Waals surface area (Å²) in [4.78, 5) is 5.12. The molecule has 2 nitrogen and oxygen atoms in total. The van der Waals surface area contributed by atoms with E-state index in [1.165, 1.54) is 76.2 Å². The zero-order valence-corrected chi connectivity index (χ0v) is 34.9.